The Hall–Kier alpha value is -0.830. The molecule has 0 bridgehead atoms. The molecule has 0 radical (unpaired) electrons. The van der Waals surface area contributed by atoms with Gasteiger partial charge in [0.2, 0.25) is 10.0 Å². The molecule has 4 nitrogen and oxygen atoms in total. The summed E-state index contributed by atoms with van der Waals surface area (Å²) in [5.74, 6) is 0.0339. The van der Waals surface area contributed by atoms with Crippen LogP contribution in [0.15, 0.2) is 23.1 Å². The average molecular weight is 371 g/mol. The van der Waals surface area contributed by atoms with Crippen molar-refractivity contribution < 1.29 is 21.6 Å². The van der Waals surface area contributed by atoms with E-state index in [0.717, 1.165) is 37.8 Å². The van der Waals surface area contributed by atoms with Crippen molar-refractivity contribution in [3.8, 4) is 0 Å². The van der Waals surface area contributed by atoms with Gasteiger partial charge in [0.25, 0.3) is 0 Å². The molecule has 3 N–H and O–H groups in total. The molecule has 0 heterocycles. The summed E-state index contributed by atoms with van der Waals surface area (Å²) in [5.41, 5.74) is 4.34. The molecule has 1 atom stereocenters. The van der Waals surface area contributed by atoms with E-state index >= 15 is 0 Å². The topological polar surface area (TPSA) is 72.2 Å². The highest BCUT2D eigenvalue weighted by molar-refractivity contribution is 7.89. The van der Waals surface area contributed by atoms with E-state index < -0.39 is 37.7 Å². The summed E-state index contributed by atoms with van der Waals surface area (Å²) in [6, 6.07) is 2.30. The molecule has 9 heteroatoms. The van der Waals surface area contributed by atoms with E-state index in [2.05, 4.69) is 4.72 Å². The van der Waals surface area contributed by atoms with E-state index in [1.54, 1.807) is 0 Å². The summed E-state index contributed by atoms with van der Waals surface area (Å²) < 4.78 is 66.6. The van der Waals surface area contributed by atoms with Gasteiger partial charge in [0, 0.05) is 12.6 Å². The van der Waals surface area contributed by atoms with Crippen LogP contribution >= 0.6 is 11.6 Å². The second-order valence-electron chi connectivity index (χ2n) is 5.62. The molecular weight excluding hydrogens is 353 g/mol. The summed E-state index contributed by atoms with van der Waals surface area (Å²) in [4.78, 5) is -0.939. The summed E-state index contributed by atoms with van der Waals surface area (Å²) in [6.45, 7) is 0.0235. The van der Waals surface area contributed by atoms with E-state index in [1.807, 2.05) is 0 Å². The van der Waals surface area contributed by atoms with Crippen LogP contribution in [0.1, 0.15) is 31.2 Å². The predicted octanol–water partition coefficient (Wildman–Crippen LogP) is 3.15. The zero-order chi connectivity index (χ0) is 17.3. The van der Waals surface area contributed by atoms with Gasteiger partial charge < -0.3 is 5.73 Å². The van der Waals surface area contributed by atoms with Gasteiger partial charge in [-0.2, -0.15) is 13.2 Å². The highest BCUT2D eigenvalue weighted by atomic mass is 35.5. The Morgan fingerprint density at radius 2 is 1.91 bits per heavy atom. The van der Waals surface area contributed by atoms with Crippen LogP contribution in [-0.4, -0.2) is 21.0 Å². The maximum Gasteiger partial charge on any atom is 0.417 e. The number of hydrogen-bond acceptors (Lipinski definition) is 3. The number of alkyl halides is 3. The van der Waals surface area contributed by atoms with Crippen molar-refractivity contribution in [1.29, 1.82) is 0 Å². The molecule has 1 saturated carbocycles. The van der Waals surface area contributed by atoms with E-state index in [9.17, 15) is 21.6 Å². The monoisotopic (exact) mass is 370 g/mol. The summed E-state index contributed by atoms with van der Waals surface area (Å²) in [5, 5.41) is -0.463. The van der Waals surface area contributed by atoms with Crippen molar-refractivity contribution in [2.45, 2.75) is 42.8 Å². The van der Waals surface area contributed by atoms with Crippen LogP contribution in [0.2, 0.25) is 5.02 Å². The lowest BCUT2D eigenvalue weighted by molar-refractivity contribution is -0.139. The lowest BCUT2D eigenvalue weighted by atomic mass is 9.99. The fourth-order valence-electron chi connectivity index (χ4n) is 2.96. The smallest absolute Gasteiger partial charge is 0.329 e. The van der Waals surface area contributed by atoms with E-state index in [0.29, 0.717) is 6.07 Å². The Morgan fingerprint density at radius 1 is 1.30 bits per heavy atom. The van der Waals surface area contributed by atoms with Gasteiger partial charge in [-0.15, -0.1) is 0 Å². The van der Waals surface area contributed by atoms with Gasteiger partial charge in [0.1, 0.15) is 4.90 Å². The van der Waals surface area contributed by atoms with Gasteiger partial charge in [-0.3, -0.25) is 0 Å². The van der Waals surface area contributed by atoms with Crippen molar-refractivity contribution in [1.82, 2.24) is 4.72 Å². The molecule has 0 aliphatic heterocycles. The number of sulfonamides is 1. The third kappa shape index (κ3) is 4.17. The van der Waals surface area contributed by atoms with Gasteiger partial charge in [0.15, 0.2) is 0 Å². The zero-order valence-electron chi connectivity index (χ0n) is 12.2. The number of benzene rings is 1. The number of nitrogens with two attached hydrogens (primary N) is 1. The Kier molecular flexibility index (Phi) is 5.60. The molecule has 23 heavy (non-hydrogen) atoms. The Balaban J connectivity index is 2.39. The standard InChI is InChI=1S/C14H18ClF3N2O2S/c15-11-7-3-6-10(14(16,17)18)13(11)23(21,22)20-12(8-19)9-4-1-2-5-9/h3,6-7,9,12,20H,1-2,4-5,8,19H2. The molecule has 2 rings (SSSR count). The number of hydrogen-bond donors (Lipinski definition) is 2. The first-order chi connectivity index (χ1) is 10.7. The van der Waals surface area contributed by atoms with Crippen LogP contribution in [0.3, 0.4) is 0 Å². The minimum atomic E-state index is -4.82. The molecule has 0 saturated heterocycles. The predicted molar refractivity (Wildman–Crippen MR) is 81.6 cm³/mol. The normalized spacial score (nSPS) is 18.3. The minimum absolute atomic E-state index is 0.0235. The summed E-state index contributed by atoms with van der Waals surface area (Å²) in [6.07, 6.45) is -1.29. The van der Waals surface area contributed by atoms with Crippen LogP contribution in [0.25, 0.3) is 0 Å². The van der Waals surface area contributed by atoms with Crippen molar-refractivity contribution in [3.05, 3.63) is 28.8 Å². The Bertz CT molecular complexity index is 658. The highest BCUT2D eigenvalue weighted by Crippen LogP contribution is 2.38. The molecule has 1 aromatic carbocycles. The average Bonchev–Trinajstić information content (AvgIpc) is 2.97. The first kappa shape index (κ1) is 18.5. The maximum absolute atomic E-state index is 13.1. The third-order valence-electron chi connectivity index (χ3n) is 4.07. The molecule has 1 aliphatic carbocycles. The highest BCUT2D eigenvalue weighted by Gasteiger charge is 2.39. The van der Waals surface area contributed by atoms with Gasteiger partial charge >= 0.3 is 6.18 Å². The summed E-state index contributed by atoms with van der Waals surface area (Å²) >= 11 is 5.76. The Morgan fingerprint density at radius 3 is 2.43 bits per heavy atom. The van der Waals surface area contributed by atoms with Crippen LogP contribution in [0, 0.1) is 5.92 Å². The third-order valence-corrected chi connectivity index (χ3v) is 6.09. The van der Waals surface area contributed by atoms with Crippen LogP contribution < -0.4 is 10.5 Å². The molecule has 0 aromatic heterocycles. The largest absolute Gasteiger partial charge is 0.417 e. The Labute approximate surface area is 138 Å². The number of halogens is 4. The SMILES string of the molecule is NCC(NS(=O)(=O)c1c(Cl)cccc1C(F)(F)F)C1CCCC1. The molecular formula is C14H18ClF3N2O2S. The molecule has 1 unspecified atom stereocenters. The van der Waals surface area contributed by atoms with Crippen LogP contribution in [0.5, 0.6) is 0 Å². The van der Waals surface area contributed by atoms with Crippen molar-refractivity contribution in [2.24, 2.45) is 11.7 Å². The molecule has 1 aromatic rings. The van der Waals surface area contributed by atoms with Gasteiger partial charge in [-0.1, -0.05) is 30.5 Å². The van der Waals surface area contributed by atoms with Crippen LogP contribution in [0.4, 0.5) is 13.2 Å². The summed E-state index contributed by atoms with van der Waals surface area (Å²) in [7, 11) is -4.44. The lowest BCUT2D eigenvalue weighted by Crippen LogP contribution is -2.45. The first-order valence-electron chi connectivity index (χ1n) is 7.25. The van der Waals surface area contributed by atoms with Gasteiger partial charge in [-0.05, 0) is 30.9 Å². The fourth-order valence-corrected chi connectivity index (χ4v) is 5.04. The first-order valence-corrected chi connectivity index (χ1v) is 9.11. The number of nitrogens with one attached hydrogen (secondary N) is 1. The van der Waals surface area contributed by atoms with Crippen LogP contribution in [-0.2, 0) is 16.2 Å². The van der Waals surface area contributed by atoms with Crippen molar-refractivity contribution >= 4 is 21.6 Å². The van der Waals surface area contributed by atoms with Gasteiger partial charge in [0.05, 0.1) is 10.6 Å². The molecule has 1 aliphatic rings. The second-order valence-corrected chi connectivity index (χ2v) is 7.68. The molecule has 0 amide bonds. The van der Waals surface area contributed by atoms with Crippen molar-refractivity contribution in [3.63, 3.8) is 0 Å². The van der Waals surface area contributed by atoms with E-state index in [-0.39, 0.29) is 12.5 Å². The second kappa shape index (κ2) is 6.96. The molecule has 0 spiro atoms. The molecule has 1 fully saturated rings. The number of rotatable bonds is 5. The fraction of sp³-hybridized carbons (Fsp3) is 0.571. The minimum Gasteiger partial charge on any atom is -0.329 e. The zero-order valence-corrected chi connectivity index (χ0v) is 13.8. The molecule has 130 valence electrons. The quantitative estimate of drug-likeness (QED) is 0.836. The lowest BCUT2D eigenvalue weighted by Gasteiger charge is -2.24. The maximum atomic E-state index is 13.1. The van der Waals surface area contributed by atoms with E-state index in [1.165, 1.54) is 0 Å². The van der Waals surface area contributed by atoms with Gasteiger partial charge in [-0.25, -0.2) is 13.1 Å². The van der Waals surface area contributed by atoms with E-state index in [4.69, 9.17) is 17.3 Å². The van der Waals surface area contributed by atoms with Crippen molar-refractivity contribution in [2.75, 3.05) is 6.54 Å².